The van der Waals surface area contributed by atoms with E-state index in [9.17, 15) is 31.1 Å². The molecule has 1 atom stereocenters. The van der Waals surface area contributed by atoms with E-state index in [1.807, 2.05) is 4.90 Å². The Hall–Kier alpha value is -1.03. The third kappa shape index (κ3) is 4.47. The fraction of sp³-hybridized carbons (Fsp3) is 0.909. The van der Waals surface area contributed by atoms with Crippen molar-refractivity contribution < 1.29 is 31.1 Å². The van der Waals surface area contributed by atoms with E-state index >= 15 is 0 Å². The van der Waals surface area contributed by atoms with Crippen molar-refractivity contribution in [3.8, 4) is 0 Å². The van der Waals surface area contributed by atoms with Crippen LogP contribution in [0.1, 0.15) is 6.92 Å². The fourth-order valence-electron chi connectivity index (χ4n) is 2.18. The number of amides is 1. The van der Waals surface area contributed by atoms with Crippen molar-refractivity contribution >= 4 is 5.91 Å². The lowest BCUT2D eigenvalue weighted by Crippen LogP contribution is -2.57. The molecule has 1 saturated heterocycles. The Morgan fingerprint density at radius 2 is 1.48 bits per heavy atom. The average Bonchev–Trinajstić information content (AvgIpc) is 2.34. The van der Waals surface area contributed by atoms with Crippen LogP contribution < -0.4 is 5.73 Å². The van der Waals surface area contributed by atoms with Crippen molar-refractivity contribution in [2.24, 2.45) is 11.7 Å². The first-order valence-electron chi connectivity index (χ1n) is 6.34. The number of halogens is 6. The van der Waals surface area contributed by atoms with Gasteiger partial charge in [-0.05, 0) is 6.92 Å². The molecule has 1 fully saturated rings. The molecule has 1 aliphatic rings. The van der Waals surface area contributed by atoms with Crippen LogP contribution in [-0.4, -0.2) is 66.8 Å². The molecule has 0 aromatic carbocycles. The van der Waals surface area contributed by atoms with Gasteiger partial charge < -0.3 is 10.6 Å². The molecule has 0 aliphatic carbocycles. The van der Waals surface area contributed by atoms with Gasteiger partial charge in [0.2, 0.25) is 11.8 Å². The lowest BCUT2D eigenvalue weighted by atomic mass is 10.1. The van der Waals surface area contributed by atoms with Crippen LogP contribution in [0.5, 0.6) is 0 Å². The minimum Gasteiger partial charge on any atom is -0.339 e. The maximum Gasteiger partial charge on any atom is 0.409 e. The zero-order valence-corrected chi connectivity index (χ0v) is 11.3. The number of rotatable bonds is 3. The predicted molar refractivity (Wildman–Crippen MR) is 62.3 cm³/mol. The quantitative estimate of drug-likeness (QED) is 0.795. The molecule has 124 valence electrons. The van der Waals surface area contributed by atoms with Crippen LogP contribution >= 0.6 is 0 Å². The minimum atomic E-state index is -5.64. The standard InChI is InChI=1S/C11H17F6N3O/c1-7(6-18)19-2-4-20(5-3-19)9(21)8(10(12,13)14)11(15,16)17/h7-8H,2-6,18H2,1H3. The van der Waals surface area contributed by atoms with Gasteiger partial charge in [-0.3, -0.25) is 9.69 Å². The van der Waals surface area contributed by atoms with Gasteiger partial charge in [-0.2, -0.15) is 26.3 Å². The van der Waals surface area contributed by atoms with E-state index < -0.39 is 24.2 Å². The number of nitrogens with two attached hydrogens (primary N) is 1. The molecule has 0 radical (unpaired) electrons. The Morgan fingerprint density at radius 1 is 1.05 bits per heavy atom. The van der Waals surface area contributed by atoms with Crippen LogP contribution in [0.2, 0.25) is 0 Å². The molecule has 1 rings (SSSR count). The van der Waals surface area contributed by atoms with Gasteiger partial charge in [-0.25, -0.2) is 0 Å². The molecule has 1 heterocycles. The number of alkyl halides is 6. The van der Waals surface area contributed by atoms with Crippen molar-refractivity contribution in [2.45, 2.75) is 25.3 Å². The highest BCUT2D eigenvalue weighted by Crippen LogP contribution is 2.40. The van der Waals surface area contributed by atoms with E-state index in [0.717, 1.165) is 0 Å². The third-order valence-electron chi connectivity index (χ3n) is 3.49. The average molecular weight is 321 g/mol. The summed E-state index contributed by atoms with van der Waals surface area (Å²) in [7, 11) is 0. The molecule has 2 N–H and O–H groups in total. The lowest BCUT2D eigenvalue weighted by Gasteiger charge is -2.39. The largest absolute Gasteiger partial charge is 0.409 e. The first-order valence-corrected chi connectivity index (χ1v) is 6.34. The maximum absolute atomic E-state index is 12.5. The second kappa shape index (κ2) is 6.39. The van der Waals surface area contributed by atoms with Gasteiger partial charge >= 0.3 is 12.4 Å². The van der Waals surface area contributed by atoms with Crippen LogP contribution in [0.4, 0.5) is 26.3 Å². The molecule has 0 aromatic rings. The molecule has 0 spiro atoms. The monoisotopic (exact) mass is 321 g/mol. The van der Waals surface area contributed by atoms with Gasteiger partial charge in [-0.1, -0.05) is 0 Å². The summed E-state index contributed by atoms with van der Waals surface area (Å²) < 4.78 is 74.9. The number of hydrogen-bond acceptors (Lipinski definition) is 3. The highest BCUT2D eigenvalue weighted by molar-refractivity contribution is 5.80. The summed E-state index contributed by atoms with van der Waals surface area (Å²) in [4.78, 5) is 14.0. The summed E-state index contributed by atoms with van der Waals surface area (Å²) in [5.41, 5.74) is 5.44. The Labute approximate surface area is 117 Å². The first-order chi connectivity index (χ1) is 9.48. The molecule has 0 aromatic heterocycles. The number of hydrogen-bond donors (Lipinski definition) is 1. The topological polar surface area (TPSA) is 49.6 Å². The van der Waals surface area contributed by atoms with Gasteiger partial charge in [0.15, 0.2) is 0 Å². The third-order valence-corrected chi connectivity index (χ3v) is 3.49. The van der Waals surface area contributed by atoms with Crippen molar-refractivity contribution in [1.29, 1.82) is 0 Å². The highest BCUT2D eigenvalue weighted by atomic mass is 19.4. The molecule has 1 aliphatic heterocycles. The highest BCUT2D eigenvalue weighted by Gasteiger charge is 2.62. The molecule has 21 heavy (non-hydrogen) atoms. The zero-order chi connectivity index (χ0) is 16.4. The second-order valence-corrected chi connectivity index (χ2v) is 4.96. The Morgan fingerprint density at radius 3 is 1.81 bits per heavy atom. The number of nitrogens with zero attached hydrogens (tertiary/aromatic N) is 2. The van der Waals surface area contributed by atoms with Gasteiger partial charge in [0.05, 0.1) is 0 Å². The van der Waals surface area contributed by atoms with E-state index in [-0.39, 0.29) is 32.2 Å². The molecular weight excluding hydrogens is 304 g/mol. The Balaban J connectivity index is 2.76. The summed E-state index contributed by atoms with van der Waals surface area (Å²) >= 11 is 0. The molecule has 10 heteroatoms. The van der Waals surface area contributed by atoms with Crippen LogP contribution in [-0.2, 0) is 4.79 Å². The van der Waals surface area contributed by atoms with Gasteiger partial charge in [-0.15, -0.1) is 0 Å². The van der Waals surface area contributed by atoms with Crippen LogP contribution in [0, 0.1) is 5.92 Å². The molecule has 4 nitrogen and oxygen atoms in total. The van der Waals surface area contributed by atoms with Gasteiger partial charge in [0.25, 0.3) is 0 Å². The van der Waals surface area contributed by atoms with Crippen molar-refractivity contribution in [2.75, 3.05) is 32.7 Å². The maximum atomic E-state index is 12.5. The van der Waals surface area contributed by atoms with Crippen LogP contribution in [0.3, 0.4) is 0 Å². The van der Waals surface area contributed by atoms with Crippen molar-refractivity contribution in [3.05, 3.63) is 0 Å². The number of carbonyl (C=O) groups is 1. The van der Waals surface area contributed by atoms with Gasteiger partial charge in [0, 0.05) is 38.8 Å². The van der Waals surface area contributed by atoms with Crippen LogP contribution in [0.25, 0.3) is 0 Å². The van der Waals surface area contributed by atoms with E-state index in [2.05, 4.69) is 0 Å². The second-order valence-electron chi connectivity index (χ2n) is 4.96. The van der Waals surface area contributed by atoms with E-state index in [4.69, 9.17) is 5.73 Å². The van der Waals surface area contributed by atoms with Gasteiger partial charge in [0.1, 0.15) is 0 Å². The molecular formula is C11H17F6N3O. The minimum absolute atomic E-state index is 0.0386. The molecule has 1 unspecified atom stereocenters. The van der Waals surface area contributed by atoms with Crippen molar-refractivity contribution in [3.63, 3.8) is 0 Å². The number of piperazine rings is 1. The Bertz CT molecular complexity index is 348. The molecule has 1 amide bonds. The van der Waals surface area contributed by atoms with E-state index in [0.29, 0.717) is 11.4 Å². The zero-order valence-electron chi connectivity index (χ0n) is 11.3. The normalized spacial score (nSPS) is 20.0. The summed E-state index contributed by atoms with van der Waals surface area (Å²) in [5, 5.41) is 0. The van der Waals surface area contributed by atoms with Crippen molar-refractivity contribution in [1.82, 2.24) is 9.80 Å². The first kappa shape index (κ1) is 18.0. The Kier molecular flexibility index (Phi) is 5.48. The fourth-order valence-corrected chi connectivity index (χ4v) is 2.18. The predicted octanol–water partition coefficient (Wildman–Crippen LogP) is 1.22. The SMILES string of the molecule is CC(CN)N1CCN(C(=O)C(C(F)(F)F)C(F)(F)F)CC1. The summed E-state index contributed by atoms with van der Waals surface area (Å²) in [5.74, 6) is -5.89. The van der Waals surface area contributed by atoms with Crippen LogP contribution in [0.15, 0.2) is 0 Å². The summed E-state index contributed by atoms with van der Waals surface area (Å²) in [6.07, 6.45) is -11.3. The number of carbonyl (C=O) groups excluding carboxylic acids is 1. The lowest BCUT2D eigenvalue weighted by molar-refractivity contribution is -0.278. The summed E-state index contributed by atoms with van der Waals surface area (Å²) in [6, 6.07) is -0.0386. The smallest absolute Gasteiger partial charge is 0.339 e. The van der Waals surface area contributed by atoms with E-state index in [1.165, 1.54) is 0 Å². The molecule has 0 saturated carbocycles. The molecule has 0 bridgehead atoms. The van der Waals surface area contributed by atoms with E-state index in [1.54, 1.807) is 6.92 Å². The summed E-state index contributed by atoms with van der Waals surface area (Å²) in [6.45, 7) is 2.17.